The van der Waals surface area contributed by atoms with Gasteiger partial charge < -0.3 is 15.5 Å². The van der Waals surface area contributed by atoms with E-state index >= 15 is 0 Å². The zero-order valence-corrected chi connectivity index (χ0v) is 12.9. The van der Waals surface area contributed by atoms with E-state index in [1.54, 1.807) is 16.2 Å². The topological polar surface area (TPSA) is 75.3 Å². The van der Waals surface area contributed by atoms with Crippen LogP contribution in [0.5, 0.6) is 0 Å². The number of carbonyl (C=O) groups excluding carboxylic acids is 1. The van der Waals surface area contributed by atoms with E-state index < -0.39 is 0 Å². The van der Waals surface area contributed by atoms with Crippen molar-refractivity contribution >= 4 is 39.6 Å². The molecule has 106 valence electrons. The Bertz CT molecular complexity index is 650. The first-order chi connectivity index (χ1) is 9.56. The van der Waals surface area contributed by atoms with Gasteiger partial charge in [0.25, 0.3) is 0 Å². The molecule has 2 N–H and O–H groups in total. The van der Waals surface area contributed by atoms with Gasteiger partial charge in [0.2, 0.25) is 5.91 Å². The maximum Gasteiger partial charge on any atom is 0.241 e. The number of carbonyl (C=O) groups is 1. The van der Waals surface area contributed by atoms with Crippen molar-refractivity contribution in [2.75, 3.05) is 37.3 Å². The number of aryl methyl sites for hydroxylation is 1. The molecule has 3 rings (SSSR count). The van der Waals surface area contributed by atoms with Crippen LogP contribution in [0.3, 0.4) is 0 Å². The molecule has 0 radical (unpaired) electrons. The summed E-state index contributed by atoms with van der Waals surface area (Å²) in [5.74, 6) is 0.607. The van der Waals surface area contributed by atoms with Crippen LogP contribution in [0.15, 0.2) is 5.38 Å². The molecule has 0 saturated carbocycles. The highest BCUT2D eigenvalue weighted by Gasteiger charge is 2.27. The van der Waals surface area contributed by atoms with Crippen molar-refractivity contribution in [2.45, 2.75) is 6.92 Å². The summed E-state index contributed by atoms with van der Waals surface area (Å²) in [4.78, 5) is 20.1. The van der Waals surface area contributed by atoms with Gasteiger partial charge in [0.15, 0.2) is 0 Å². The summed E-state index contributed by atoms with van der Waals surface area (Å²) in [6.45, 7) is 3.83. The van der Waals surface area contributed by atoms with Crippen LogP contribution in [0.1, 0.15) is 5.69 Å². The number of piperazine rings is 1. The smallest absolute Gasteiger partial charge is 0.241 e. The summed E-state index contributed by atoms with van der Waals surface area (Å²) in [5, 5.41) is 3.80. The van der Waals surface area contributed by atoms with E-state index in [1.807, 2.05) is 24.3 Å². The van der Waals surface area contributed by atoms with Gasteiger partial charge in [-0.25, -0.2) is 4.98 Å². The van der Waals surface area contributed by atoms with Gasteiger partial charge in [0, 0.05) is 31.2 Å². The maximum atomic E-state index is 11.9. The van der Waals surface area contributed by atoms with Crippen LogP contribution in [0, 0.1) is 6.92 Å². The Kier molecular flexibility index (Phi) is 3.35. The van der Waals surface area contributed by atoms with Crippen molar-refractivity contribution in [1.29, 1.82) is 0 Å². The molecule has 0 unspecified atom stereocenters. The number of aromatic nitrogens is 2. The highest BCUT2D eigenvalue weighted by molar-refractivity contribution is 7.15. The lowest BCUT2D eigenvalue weighted by Gasteiger charge is -2.32. The molecular formula is C12H15N5OS2. The van der Waals surface area contributed by atoms with Crippen molar-refractivity contribution in [3.05, 3.63) is 11.1 Å². The summed E-state index contributed by atoms with van der Waals surface area (Å²) in [6, 6.07) is 0. The molecular weight excluding hydrogens is 294 g/mol. The van der Waals surface area contributed by atoms with E-state index in [2.05, 4.69) is 9.36 Å². The van der Waals surface area contributed by atoms with Crippen molar-refractivity contribution in [3.63, 3.8) is 0 Å². The number of nitrogen functional groups attached to an aromatic ring is 1. The molecule has 2 aromatic heterocycles. The van der Waals surface area contributed by atoms with Crippen molar-refractivity contribution in [2.24, 2.45) is 0 Å². The van der Waals surface area contributed by atoms with E-state index in [4.69, 9.17) is 5.73 Å². The summed E-state index contributed by atoms with van der Waals surface area (Å²) < 4.78 is 4.24. The van der Waals surface area contributed by atoms with E-state index in [9.17, 15) is 4.79 Å². The third kappa shape index (κ3) is 2.25. The van der Waals surface area contributed by atoms with Crippen LogP contribution in [0.25, 0.3) is 10.6 Å². The normalized spacial score (nSPS) is 16.0. The quantitative estimate of drug-likeness (QED) is 0.908. The molecule has 6 nitrogen and oxygen atoms in total. The fraction of sp³-hybridized carbons (Fsp3) is 0.417. The summed E-state index contributed by atoms with van der Waals surface area (Å²) in [6.07, 6.45) is 0. The lowest BCUT2D eigenvalue weighted by atomic mass is 10.2. The lowest BCUT2D eigenvalue weighted by molar-refractivity contribution is -0.129. The Morgan fingerprint density at radius 3 is 2.85 bits per heavy atom. The minimum absolute atomic E-state index is 0.115. The van der Waals surface area contributed by atoms with Gasteiger partial charge in [-0.1, -0.05) is 0 Å². The predicted octanol–water partition coefficient (Wildman–Crippen LogP) is 1.44. The van der Waals surface area contributed by atoms with Gasteiger partial charge in [-0.15, -0.1) is 11.3 Å². The number of likely N-dealkylation sites (N-methyl/N-ethyl adjacent to an activating group) is 1. The Hall–Kier alpha value is -1.67. The average molecular weight is 309 g/mol. The molecule has 1 amide bonds. The summed E-state index contributed by atoms with van der Waals surface area (Å²) >= 11 is 2.89. The van der Waals surface area contributed by atoms with Crippen molar-refractivity contribution in [3.8, 4) is 10.6 Å². The van der Waals surface area contributed by atoms with Crippen LogP contribution in [0.4, 0.5) is 10.8 Å². The third-order valence-corrected chi connectivity index (χ3v) is 5.18. The maximum absolute atomic E-state index is 11.9. The number of thiazole rings is 1. The second kappa shape index (κ2) is 5.02. The Morgan fingerprint density at radius 1 is 1.40 bits per heavy atom. The Balaban J connectivity index is 1.97. The van der Waals surface area contributed by atoms with Gasteiger partial charge in [0.05, 0.1) is 12.1 Å². The standard InChI is InChI=1S/C12H15N5OS2/c1-7-6-19-11(14-7)9-10(13)15-20-12(9)17-4-3-16(2)8(18)5-17/h6H,3-5H2,1-2H3,(H2,13,15). The highest BCUT2D eigenvalue weighted by Crippen LogP contribution is 2.40. The third-order valence-electron chi connectivity index (χ3n) is 3.28. The van der Waals surface area contributed by atoms with Crippen LogP contribution in [-0.4, -0.2) is 46.8 Å². The number of rotatable bonds is 2. The second-order valence-corrected chi connectivity index (χ2v) is 6.39. The molecule has 1 saturated heterocycles. The highest BCUT2D eigenvalue weighted by atomic mass is 32.1. The van der Waals surface area contributed by atoms with E-state index in [1.165, 1.54) is 11.5 Å². The lowest BCUT2D eigenvalue weighted by Crippen LogP contribution is -2.48. The summed E-state index contributed by atoms with van der Waals surface area (Å²) in [5.41, 5.74) is 7.83. The second-order valence-electron chi connectivity index (χ2n) is 4.78. The molecule has 20 heavy (non-hydrogen) atoms. The SMILES string of the molecule is Cc1csc(-c2c(N)nsc2N2CCN(C)C(=O)C2)n1. The van der Waals surface area contributed by atoms with Gasteiger partial charge in [-0.3, -0.25) is 4.79 Å². The fourth-order valence-electron chi connectivity index (χ4n) is 2.11. The molecule has 8 heteroatoms. The van der Waals surface area contributed by atoms with Crippen LogP contribution < -0.4 is 10.6 Å². The van der Waals surface area contributed by atoms with Crippen LogP contribution in [-0.2, 0) is 4.79 Å². The number of hydrogen-bond acceptors (Lipinski definition) is 7. The molecule has 0 aromatic carbocycles. The van der Waals surface area contributed by atoms with Crippen molar-refractivity contribution < 1.29 is 4.79 Å². The van der Waals surface area contributed by atoms with Gasteiger partial charge in [0.1, 0.15) is 15.8 Å². The molecule has 0 aliphatic carbocycles. The van der Waals surface area contributed by atoms with Crippen molar-refractivity contribution in [1.82, 2.24) is 14.3 Å². The molecule has 1 aliphatic rings. The molecule has 1 aliphatic heterocycles. The van der Waals surface area contributed by atoms with Gasteiger partial charge >= 0.3 is 0 Å². The first-order valence-corrected chi connectivity index (χ1v) is 7.88. The van der Waals surface area contributed by atoms with Gasteiger partial charge in [-0.05, 0) is 18.5 Å². The van der Waals surface area contributed by atoms with E-state index in [0.717, 1.165) is 27.8 Å². The largest absolute Gasteiger partial charge is 0.382 e. The first kappa shape index (κ1) is 13.3. The Morgan fingerprint density at radius 2 is 2.20 bits per heavy atom. The Labute approximate surface area is 125 Å². The number of nitrogens with two attached hydrogens (primary N) is 1. The van der Waals surface area contributed by atoms with Crippen LogP contribution in [0.2, 0.25) is 0 Å². The zero-order chi connectivity index (χ0) is 14.3. The molecule has 3 heterocycles. The first-order valence-electron chi connectivity index (χ1n) is 6.23. The molecule has 0 bridgehead atoms. The van der Waals surface area contributed by atoms with Gasteiger partial charge in [-0.2, -0.15) is 4.37 Å². The predicted molar refractivity (Wildman–Crippen MR) is 82.2 cm³/mol. The average Bonchev–Trinajstić information content (AvgIpc) is 2.99. The van der Waals surface area contributed by atoms with E-state index in [0.29, 0.717) is 18.9 Å². The number of hydrogen-bond donors (Lipinski definition) is 1. The van der Waals surface area contributed by atoms with E-state index in [-0.39, 0.29) is 5.91 Å². The molecule has 0 atom stereocenters. The minimum Gasteiger partial charge on any atom is -0.382 e. The van der Waals surface area contributed by atoms with Crippen LogP contribution >= 0.6 is 22.9 Å². The molecule has 2 aromatic rings. The minimum atomic E-state index is 0.115. The number of amides is 1. The molecule has 0 spiro atoms. The number of anilines is 2. The zero-order valence-electron chi connectivity index (χ0n) is 11.3. The number of nitrogens with zero attached hydrogens (tertiary/aromatic N) is 4. The molecule has 1 fully saturated rings. The monoisotopic (exact) mass is 309 g/mol. The fourth-order valence-corrected chi connectivity index (χ4v) is 3.87. The summed E-state index contributed by atoms with van der Waals surface area (Å²) in [7, 11) is 1.83.